The highest BCUT2D eigenvalue weighted by molar-refractivity contribution is 5.82. The van der Waals surface area contributed by atoms with Crippen LogP contribution in [0.4, 0.5) is 4.79 Å². The molecule has 0 aromatic carbocycles. The van der Waals surface area contributed by atoms with Crippen molar-refractivity contribution < 1.29 is 19.8 Å². The van der Waals surface area contributed by atoms with E-state index < -0.39 is 24.6 Å². The maximum absolute atomic E-state index is 11.6. The van der Waals surface area contributed by atoms with E-state index in [1.807, 2.05) is 0 Å². The van der Waals surface area contributed by atoms with Gasteiger partial charge in [-0.3, -0.25) is 0 Å². The zero-order valence-corrected chi connectivity index (χ0v) is 10.5. The van der Waals surface area contributed by atoms with Gasteiger partial charge in [0.2, 0.25) is 0 Å². The molecule has 1 saturated carbocycles. The van der Waals surface area contributed by atoms with E-state index in [1.165, 1.54) is 19.3 Å². The minimum atomic E-state index is -1.24. The van der Waals surface area contributed by atoms with Gasteiger partial charge >= 0.3 is 12.0 Å². The summed E-state index contributed by atoms with van der Waals surface area (Å²) < 4.78 is 0. The van der Waals surface area contributed by atoms with Crippen molar-refractivity contribution in [3.8, 4) is 0 Å². The summed E-state index contributed by atoms with van der Waals surface area (Å²) in [5.74, 6) is -1.23. The second-order valence-corrected chi connectivity index (χ2v) is 4.73. The van der Waals surface area contributed by atoms with E-state index in [4.69, 9.17) is 10.2 Å². The van der Waals surface area contributed by atoms with E-state index in [-0.39, 0.29) is 6.04 Å². The third-order valence-electron chi connectivity index (χ3n) is 3.23. The van der Waals surface area contributed by atoms with Gasteiger partial charge in [0.15, 0.2) is 6.04 Å². The number of aliphatic hydroxyl groups is 1. The minimum Gasteiger partial charge on any atom is -0.480 e. The van der Waals surface area contributed by atoms with Crippen molar-refractivity contribution >= 4 is 12.0 Å². The van der Waals surface area contributed by atoms with Gasteiger partial charge in [0.1, 0.15) is 0 Å². The molecule has 0 aliphatic heterocycles. The molecular formula is C12H22N2O4. The summed E-state index contributed by atoms with van der Waals surface area (Å²) in [4.78, 5) is 22.2. The SMILES string of the molecule is O=C(NC1CCCCCCC1)N[C@@H](CO)C(=O)O. The van der Waals surface area contributed by atoms with E-state index in [2.05, 4.69) is 10.6 Å². The highest BCUT2D eigenvalue weighted by atomic mass is 16.4. The normalized spacial score (nSPS) is 19.4. The van der Waals surface area contributed by atoms with Crippen LogP contribution in [-0.2, 0) is 4.79 Å². The number of urea groups is 1. The first-order valence-corrected chi connectivity index (χ1v) is 6.54. The molecule has 6 heteroatoms. The van der Waals surface area contributed by atoms with Gasteiger partial charge in [-0.15, -0.1) is 0 Å². The van der Waals surface area contributed by atoms with E-state index in [0.29, 0.717) is 0 Å². The van der Waals surface area contributed by atoms with Crippen molar-refractivity contribution in [2.45, 2.75) is 57.0 Å². The number of aliphatic hydroxyl groups excluding tert-OH is 1. The van der Waals surface area contributed by atoms with Crippen molar-refractivity contribution in [3.05, 3.63) is 0 Å². The summed E-state index contributed by atoms with van der Waals surface area (Å²) in [5, 5.41) is 22.5. The van der Waals surface area contributed by atoms with Gasteiger partial charge < -0.3 is 20.8 Å². The van der Waals surface area contributed by atoms with Crippen LogP contribution >= 0.6 is 0 Å². The minimum absolute atomic E-state index is 0.110. The average Bonchev–Trinajstić information content (AvgIpc) is 2.29. The van der Waals surface area contributed by atoms with Crippen LogP contribution in [0.5, 0.6) is 0 Å². The lowest BCUT2D eigenvalue weighted by atomic mass is 9.97. The monoisotopic (exact) mass is 258 g/mol. The topological polar surface area (TPSA) is 98.7 Å². The largest absolute Gasteiger partial charge is 0.480 e. The van der Waals surface area contributed by atoms with Crippen LogP contribution in [0.2, 0.25) is 0 Å². The molecule has 0 saturated heterocycles. The van der Waals surface area contributed by atoms with Gasteiger partial charge in [-0.05, 0) is 12.8 Å². The first-order valence-electron chi connectivity index (χ1n) is 6.54. The highest BCUT2D eigenvalue weighted by Crippen LogP contribution is 2.16. The molecule has 1 rings (SSSR count). The summed E-state index contributed by atoms with van der Waals surface area (Å²) in [6.07, 6.45) is 7.68. The Morgan fingerprint density at radius 2 is 1.67 bits per heavy atom. The smallest absolute Gasteiger partial charge is 0.328 e. The average molecular weight is 258 g/mol. The van der Waals surface area contributed by atoms with Crippen LogP contribution in [0.15, 0.2) is 0 Å². The molecule has 0 radical (unpaired) electrons. The number of carboxylic acids is 1. The third kappa shape index (κ3) is 5.35. The Morgan fingerprint density at radius 3 is 2.17 bits per heavy atom. The molecule has 0 unspecified atom stereocenters. The molecule has 0 bridgehead atoms. The zero-order valence-electron chi connectivity index (χ0n) is 10.5. The lowest BCUT2D eigenvalue weighted by Crippen LogP contribution is -2.50. The summed E-state index contributed by atoms with van der Waals surface area (Å²) in [5.41, 5.74) is 0. The number of carboxylic acid groups (broad SMARTS) is 1. The van der Waals surface area contributed by atoms with E-state index >= 15 is 0 Å². The number of aliphatic carboxylic acids is 1. The van der Waals surface area contributed by atoms with Gasteiger partial charge in [-0.25, -0.2) is 9.59 Å². The fourth-order valence-corrected chi connectivity index (χ4v) is 2.17. The summed E-state index contributed by atoms with van der Waals surface area (Å²) in [7, 11) is 0. The molecule has 104 valence electrons. The molecule has 1 aliphatic rings. The number of hydrogen-bond donors (Lipinski definition) is 4. The molecule has 2 amide bonds. The Labute approximate surface area is 107 Å². The third-order valence-corrected chi connectivity index (χ3v) is 3.23. The molecule has 0 spiro atoms. The van der Waals surface area contributed by atoms with Gasteiger partial charge in [0, 0.05) is 6.04 Å². The molecular weight excluding hydrogens is 236 g/mol. The summed E-state index contributed by atoms with van der Waals surface area (Å²) >= 11 is 0. The van der Waals surface area contributed by atoms with Gasteiger partial charge in [-0.2, -0.15) is 0 Å². The van der Waals surface area contributed by atoms with Crippen LogP contribution < -0.4 is 10.6 Å². The van der Waals surface area contributed by atoms with Crippen molar-refractivity contribution in [2.24, 2.45) is 0 Å². The number of hydrogen-bond acceptors (Lipinski definition) is 3. The lowest BCUT2D eigenvalue weighted by molar-refractivity contribution is -0.140. The first-order chi connectivity index (χ1) is 8.63. The molecule has 0 aromatic rings. The Bertz CT molecular complexity index is 275. The van der Waals surface area contributed by atoms with Crippen LogP contribution in [-0.4, -0.2) is 40.9 Å². The Kier molecular flexibility index (Phi) is 6.49. The van der Waals surface area contributed by atoms with Crippen molar-refractivity contribution in [2.75, 3.05) is 6.61 Å². The first kappa shape index (κ1) is 14.8. The fourth-order valence-electron chi connectivity index (χ4n) is 2.17. The van der Waals surface area contributed by atoms with Crippen molar-refractivity contribution in [1.29, 1.82) is 0 Å². The molecule has 1 fully saturated rings. The molecule has 1 aliphatic carbocycles. The maximum atomic E-state index is 11.6. The summed E-state index contributed by atoms with van der Waals surface area (Å²) in [6.45, 7) is -0.604. The van der Waals surface area contributed by atoms with Crippen LogP contribution in [0.3, 0.4) is 0 Å². The van der Waals surface area contributed by atoms with E-state index in [0.717, 1.165) is 25.7 Å². The quantitative estimate of drug-likeness (QED) is 0.600. The molecule has 18 heavy (non-hydrogen) atoms. The Balaban J connectivity index is 2.35. The van der Waals surface area contributed by atoms with Gasteiger partial charge in [-0.1, -0.05) is 32.1 Å². The molecule has 6 nitrogen and oxygen atoms in total. The van der Waals surface area contributed by atoms with Crippen molar-refractivity contribution in [3.63, 3.8) is 0 Å². The standard InChI is InChI=1S/C12H22N2O4/c15-8-10(11(16)17)14-12(18)13-9-6-4-2-1-3-5-7-9/h9-10,15H,1-8H2,(H,16,17)(H2,13,14,18)/t10-/m0/s1. The second-order valence-electron chi connectivity index (χ2n) is 4.73. The van der Waals surface area contributed by atoms with Crippen LogP contribution in [0.1, 0.15) is 44.9 Å². The molecule has 1 atom stereocenters. The predicted molar refractivity (Wildman–Crippen MR) is 66.3 cm³/mol. The number of rotatable bonds is 4. The fraction of sp³-hybridized carbons (Fsp3) is 0.833. The van der Waals surface area contributed by atoms with Crippen LogP contribution in [0.25, 0.3) is 0 Å². The van der Waals surface area contributed by atoms with E-state index in [9.17, 15) is 9.59 Å². The lowest BCUT2D eigenvalue weighted by Gasteiger charge is -2.22. The van der Waals surface area contributed by atoms with Gasteiger partial charge in [0.25, 0.3) is 0 Å². The second kappa shape index (κ2) is 7.92. The van der Waals surface area contributed by atoms with Crippen molar-refractivity contribution in [1.82, 2.24) is 10.6 Å². The Hall–Kier alpha value is -1.30. The predicted octanol–water partition coefficient (Wildman–Crippen LogP) is 0.844. The van der Waals surface area contributed by atoms with E-state index in [1.54, 1.807) is 0 Å². The molecule has 4 N–H and O–H groups in total. The highest BCUT2D eigenvalue weighted by Gasteiger charge is 2.20. The zero-order chi connectivity index (χ0) is 13.4. The number of carbonyl (C=O) groups is 2. The number of nitrogens with one attached hydrogen (secondary N) is 2. The number of carbonyl (C=O) groups excluding carboxylic acids is 1. The van der Waals surface area contributed by atoms with Crippen LogP contribution in [0, 0.1) is 0 Å². The maximum Gasteiger partial charge on any atom is 0.328 e. The Morgan fingerprint density at radius 1 is 1.11 bits per heavy atom. The van der Waals surface area contributed by atoms with Gasteiger partial charge in [0.05, 0.1) is 6.61 Å². The molecule has 0 aromatic heterocycles. The molecule has 0 heterocycles. The number of amides is 2. The summed E-state index contributed by atoms with van der Waals surface area (Å²) in [6, 6.07) is -1.64.